The third-order valence-electron chi connectivity index (χ3n) is 3.02. The summed E-state index contributed by atoms with van der Waals surface area (Å²) in [4.78, 5) is 4.36. The molecule has 3 aromatic rings. The second-order valence-electron chi connectivity index (χ2n) is 4.43. The van der Waals surface area contributed by atoms with Crippen molar-refractivity contribution in [3.05, 3.63) is 60.4 Å². The number of nitrogens with zero attached hydrogens (tertiary/aromatic N) is 3. The zero-order valence-corrected chi connectivity index (χ0v) is 11.3. The van der Waals surface area contributed by atoms with Gasteiger partial charge in [-0.3, -0.25) is 0 Å². The Morgan fingerprint density at radius 1 is 1.20 bits per heavy atom. The van der Waals surface area contributed by atoms with Crippen LogP contribution in [-0.4, -0.2) is 14.8 Å². The molecule has 3 rings (SSSR count). The van der Waals surface area contributed by atoms with Crippen molar-refractivity contribution in [1.29, 1.82) is 0 Å². The number of nitrogens with one attached hydrogen (secondary N) is 1. The van der Waals surface area contributed by atoms with Crippen LogP contribution in [0.1, 0.15) is 18.4 Å². The molecule has 0 spiro atoms. The lowest BCUT2D eigenvalue weighted by Gasteiger charge is -2.05. The summed E-state index contributed by atoms with van der Waals surface area (Å²) in [7, 11) is 0. The molecule has 3 heterocycles. The fraction of sp³-hybridized carbons (Fsp3) is 0.200. The molecule has 0 aliphatic carbocycles. The van der Waals surface area contributed by atoms with Crippen LogP contribution in [0.15, 0.2) is 53.3 Å². The molecule has 0 radical (unpaired) electrons. The quantitative estimate of drug-likeness (QED) is 0.772. The van der Waals surface area contributed by atoms with E-state index >= 15 is 0 Å². The number of hydrogen-bond acceptors (Lipinski definition) is 4. The highest BCUT2D eigenvalue weighted by molar-refractivity contribution is 5.43. The third kappa shape index (κ3) is 2.71. The highest BCUT2D eigenvalue weighted by Gasteiger charge is 2.01. The Morgan fingerprint density at radius 3 is 2.75 bits per heavy atom. The normalized spacial score (nSPS) is 10.7. The van der Waals surface area contributed by atoms with Crippen LogP contribution in [0.5, 0.6) is 0 Å². The van der Waals surface area contributed by atoms with Gasteiger partial charge in [0, 0.05) is 18.8 Å². The maximum absolute atomic E-state index is 5.64. The van der Waals surface area contributed by atoms with Crippen molar-refractivity contribution >= 4 is 5.69 Å². The molecule has 0 unspecified atom stereocenters. The summed E-state index contributed by atoms with van der Waals surface area (Å²) >= 11 is 0. The van der Waals surface area contributed by atoms with Crippen LogP contribution >= 0.6 is 0 Å². The van der Waals surface area contributed by atoms with E-state index in [-0.39, 0.29) is 0 Å². The number of aromatic nitrogens is 3. The third-order valence-corrected chi connectivity index (χ3v) is 3.02. The van der Waals surface area contributed by atoms with Crippen LogP contribution in [0, 0.1) is 0 Å². The van der Waals surface area contributed by atoms with Crippen LogP contribution in [-0.2, 0) is 13.0 Å². The van der Waals surface area contributed by atoms with Crippen LogP contribution in [0.2, 0.25) is 0 Å². The molecule has 0 fully saturated rings. The summed E-state index contributed by atoms with van der Waals surface area (Å²) in [6, 6.07) is 9.78. The Bertz CT molecular complexity index is 656. The van der Waals surface area contributed by atoms with E-state index < -0.39 is 0 Å². The maximum Gasteiger partial charge on any atom is 0.153 e. The van der Waals surface area contributed by atoms with Gasteiger partial charge in [-0.05, 0) is 30.3 Å². The van der Waals surface area contributed by atoms with Gasteiger partial charge in [-0.25, -0.2) is 9.67 Å². The van der Waals surface area contributed by atoms with Gasteiger partial charge in [0.15, 0.2) is 5.82 Å². The largest absolute Gasteiger partial charge is 0.464 e. The zero-order chi connectivity index (χ0) is 13.8. The number of pyridine rings is 1. The minimum absolute atomic E-state index is 0.656. The standard InChI is InChI=1S/C15H16N4O/c1-2-13-5-6-14(20-13)11-16-12-4-7-15(17-10-12)19-9-3-8-18-19/h3-10,16H,2,11H2,1H3. The van der Waals surface area contributed by atoms with Crippen LogP contribution in [0.3, 0.4) is 0 Å². The van der Waals surface area contributed by atoms with E-state index in [4.69, 9.17) is 4.42 Å². The highest BCUT2D eigenvalue weighted by atomic mass is 16.3. The van der Waals surface area contributed by atoms with Gasteiger partial charge in [0.1, 0.15) is 11.5 Å². The first-order valence-electron chi connectivity index (χ1n) is 6.62. The molecular weight excluding hydrogens is 252 g/mol. The van der Waals surface area contributed by atoms with Crippen molar-refractivity contribution in [2.45, 2.75) is 19.9 Å². The number of aryl methyl sites for hydroxylation is 1. The smallest absolute Gasteiger partial charge is 0.153 e. The summed E-state index contributed by atoms with van der Waals surface area (Å²) < 4.78 is 7.37. The van der Waals surface area contributed by atoms with Crippen LogP contribution in [0.25, 0.3) is 5.82 Å². The molecule has 0 saturated carbocycles. The number of anilines is 1. The molecule has 0 saturated heterocycles. The molecule has 0 aliphatic heterocycles. The predicted octanol–water partition coefficient (Wildman–Crippen LogP) is 3.03. The molecule has 102 valence electrons. The molecular formula is C15H16N4O. The van der Waals surface area contributed by atoms with Gasteiger partial charge in [-0.15, -0.1) is 0 Å². The molecule has 0 aromatic carbocycles. The van der Waals surface area contributed by atoms with Gasteiger partial charge in [0.25, 0.3) is 0 Å². The van der Waals surface area contributed by atoms with Gasteiger partial charge < -0.3 is 9.73 Å². The van der Waals surface area contributed by atoms with Gasteiger partial charge in [0.05, 0.1) is 18.4 Å². The first-order chi connectivity index (χ1) is 9.85. The van der Waals surface area contributed by atoms with E-state index in [0.29, 0.717) is 6.54 Å². The molecule has 20 heavy (non-hydrogen) atoms. The molecule has 5 heteroatoms. The summed E-state index contributed by atoms with van der Waals surface area (Å²) in [5.74, 6) is 2.73. The van der Waals surface area contributed by atoms with Crippen molar-refractivity contribution in [3.8, 4) is 5.82 Å². The summed E-state index contributed by atoms with van der Waals surface area (Å²) in [5, 5.41) is 7.43. The lowest BCUT2D eigenvalue weighted by Crippen LogP contribution is -2.01. The van der Waals surface area contributed by atoms with Crippen molar-refractivity contribution in [3.63, 3.8) is 0 Å². The number of furan rings is 1. The lowest BCUT2D eigenvalue weighted by atomic mass is 10.3. The van der Waals surface area contributed by atoms with E-state index in [9.17, 15) is 0 Å². The van der Waals surface area contributed by atoms with Gasteiger partial charge in [0.2, 0.25) is 0 Å². The van der Waals surface area contributed by atoms with Gasteiger partial charge in [-0.2, -0.15) is 5.10 Å². The van der Waals surface area contributed by atoms with E-state index in [2.05, 4.69) is 22.3 Å². The fourth-order valence-electron chi connectivity index (χ4n) is 1.93. The second-order valence-corrected chi connectivity index (χ2v) is 4.43. The highest BCUT2D eigenvalue weighted by Crippen LogP contribution is 2.13. The Balaban J connectivity index is 1.63. The SMILES string of the molecule is CCc1ccc(CNc2ccc(-n3cccn3)nc2)o1. The average molecular weight is 268 g/mol. The molecule has 1 N–H and O–H groups in total. The first kappa shape index (κ1) is 12.5. The van der Waals surface area contributed by atoms with E-state index in [1.165, 1.54) is 0 Å². The van der Waals surface area contributed by atoms with Crippen LogP contribution < -0.4 is 5.32 Å². The molecule has 0 aliphatic rings. The molecule has 0 atom stereocenters. The van der Waals surface area contributed by atoms with Crippen molar-refractivity contribution in [1.82, 2.24) is 14.8 Å². The molecule has 0 amide bonds. The second kappa shape index (κ2) is 5.61. The van der Waals surface area contributed by atoms with E-state index in [0.717, 1.165) is 29.4 Å². The Morgan fingerprint density at radius 2 is 2.10 bits per heavy atom. The van der Waals surface area contributed by atoms with Crippen molar-refractivity contribution in [2.24, 2.45) is 0 Å². The predicted molar refractivity (Wildman–Crippen MR) is 76.8 cm³/mol. The number of hydrogen-bond donors (Lipinski definition) is 1. The van der Waals surface area contributed by atoms with E-state index in [1.54, 1.807) is 17.1 Å². The lowest BCUT2D eigenvalue weighted by molar-refractivity contribution is 0.476. The van der Waals surface area contributed by atoms with Crippen molar-refractivity contribution < 1.29 is 4.42 Å². The average Bonchev–Trinajstić information content (AvgIpc) is 3.17. The van der Waals surface area contributed by atoms with Crippen LogP contribution in [0.4, 0.5) is 5.69 Å². The Labute approximate surface area is 117 Å². The minimum atomic E-state index is 0.656. The Kier molecular flexibility index (Phi) is 3.50. The first-order valence-corrected chi connectivity index (χ1v) is 6.62. The van der Waals surface area contributed by atoms with Crippen molar-refractivity contribution in [2.75, 3.05) is 5.32 Å². The summed E-state index contributed by atoms with van der Waals surface area (Å²) in [6.45, 7) is 2.73. The Hall–Kier alpha value is -2.56. The van der Waals surface area contributed by atoms with Gasteiger partial charge in [-0.1, -0.05) is 6.92 Å². The minimum Gasteiger partial charge on any atom is -0.464 e. The molecule has 5 nitrogen and oxygen atoms in total. The summed E-state index contributed by atoms with van der Waals surface area (Å²) in [6.07, 6.45) is 6.31. The monoisotopic (exact) mass is 268 g/mol. The number of rotatable bonds is 5. The van der Waals surface area contributed by atoms with Gasteiger partial charge >= 0.3 is 0 Å². The molecule has 0 bridgehead atoms. The summed E-state index contributed by atoms with van der Waals surface area (Å²) in [5.41, 5.74) is 0.954. The topological polar surface area (TPSA) is 55.9 Å². The fourth-order valence-corrected chi connectivity index (χ4v) is 1.93. The molecule has 3 aromatic heterocycles. The maximum atomic E-state index is 5.64. The van der Waals surface area contributed by atoms with E-state index in [1.807, 2.05) is 36.5 Å². The zero-order valence-electron chi connectivity index (χ0n) is 11.3.